The van der Waals surface area contributed by atoms with E-state index in [4.69, 9.17) is 4.74 Å². The van der Waals surface area contributed by atoms with Gasteiger partial charge in [-0.15, -0.1) is 12.4 Å². The zero-order valence-electron chi connectivity index (χ0n) is 9.81. The Kier molecular flexibility index (Phi) is 7.50. The van der Waals surface area contributed by atoms with E-state index < -0.39 is 10.0 Å². The normalized spacial score (nSPS) is 22.0. The van der Waals surface area contributed by atoms with Crippen molar-refractivity contribution in [2.75, 3.05) is 39.6 Å². The summed E-state index contributed by atoms with van der Waals surface area (Å²) >= 11 is 0. The molecule has 0 amide bonds. The number of hydrogen-bond acceptors (Lipinski definition) is 4. The molecule has 0 spiro atoms. The van der Waals surface area contributed by atoms with Crippen molar-refractivity contribution in [3.05, 3.63) is 0 Å². The number of methoxy groups -OCH3 is 1. The topological polar surface area (TPSA) is 58.6 Å². The van der Waals surface area contributed by atoms with Crippen LogP contribution in [0.1, 0.15) is 12.8 Å². The molecule has 1 atom stereocenters. The standard InChI is InChI=1S/C9H20N2O3S.ClH/c1-10-8-9-4-3-5-11(9)15(12,13)7-6-14-2;/h9-10H,3-8H2,1-2H3;1H. The van der Waals surface area contributed by atoms with Crippen molar-refractivity contribution in [1.29, 1.82) is 0 Å². The van der Waals surface area contributed by atoms with Gasteiger partial charge in [-0.1, -0.05) is 0 Å². The summed E-state index contributed by atoms with van der Waals surface area (Å²) in [5.74, 6) is 0.0870. The Balaban J connectivity index is 0.00000225. The number of nitrogens with zero attached hydrogens (tertiary/aromatic N) is 1. The highest BCUT2D eigenvalue weighted by Gasteiger charge is 2.33. The van der Waals surface area contributed by atoms with Crippen LogP contribution in [0.5, 0.6) is 0 Å². The number of nitrogens with one attached hydrogen (secondary N) is 1. The molecule has 0 aromatic rings. The highest BCUT2D eigenvalue weighted by molar-refractivity contribution is 7.89. The van der Waals surface area contributed by atoms with Crippen molar-refractivity contribution >= 4 is 22.4 Å². The molecule has 1 saturated heterocycles. The molecule has 1 aliphatic rings. The largest absolute Gasteiger partial charge is 0.384 e. The SMILES string of the molecule is CNCC1CCCN1S(=O)(=O)CCOC.Cl. The second-order valence-electron chi connectivity index (χ2n) is 3.77. The Labute approximate surface area is 104 Å². The highest BCUT2D eigenvalue weighted by Crippen LogP contribution is 2.20. The van der Waals surface area contributed by atoms with Crippen molar-refractivity contribution < 1.29 is 13.2 Å². The van der Waals surface area contributed by atoms with Crippen molar-refractivity contribution in [2.24, 2.45) is 0 Å². The molecular weight excluding hydrogens is 252 g/mol. The van der Waals surface area contributed by atoms with E-state index in [9.17, 15) is 8.42 Å². The Morgan fingerprint density at radius 2 is 2.19 bits per heavy atom. The lowest BCUT2D eigenvalue weighted by Gasteiger charge is -2.23. The number of halogens is 1. The summed E-state index contributed by atoms with van der Waals surface area (Å²) in [5.41, 5.74) is 0. The predicted octanol–water partition coefficient (Wildman–Crippen LogP) is 0.0682. The van der Waals surface area contributed by atoms with E-state index in [2.05, 4.69) is 5.32 Å². The van der Waals surface area contributed by atoms with Crippen LogP contribution in [0, 0.1) is 0 Å². The molecule has 0 aliphatic carbocycles. The molecule has 0 bridgehead atoms. The molecule has 0 radical (unpaired) electrons. The molecule has 0 aromatic carbocycles. The van der Waals surface area contributed by atoms with E-state index in [-0.39, 0.29) is 30.8 Å². The number of likely N-dealkylation sites (N-methyl/N-ethyl adjacent to an activating group) is 1. The fourth-order valence-electron chi connectivity index (χ4n) is 1.92. The van der Waals surface area contributed by atoms with Gasteiger partial charge in [0.15, 0.2) is 0 Å². The average Bonchev–Trinajstić information content (AvgIpc) is 2.64. The Morgan fingerprint density at radius 1 is 1.50 bits per heavy atom. The molecule has 1 unspecified atom stereocenters. The average molecular weight is 273 g/mol. The van der Waals surface area contributed by atoms with Crippen molar-refractivity contribution in [3.63, 3.8) is 0 Å². The predicted molar refractivity (Wildman–Crippen MR) is 66.6 cm³/mol. The van der Waals surface area contributed by atoms with Gasteiger partial charge in [0, 0.05) is 26.2 Å². The highest BCUT2D eigenvalue weighted by atomic mass is 35.5. The van der Waals surface area contributed by atoms with Crippen molar-refractivity contribution in [1.82, 2.24) is 9.62 Å². The molecule has 16 heavy (non-hydrogen) atoms. The number of hydrogen-bond donors (Lipinski definition) is 1. The zero-order valence-corrected chi connectivity index (χ0v) is 11.4. The minimum absolute atomic E-state index is 0. The van der Waals surface area contributed by atoms with Crippen LogP contribution in [0.2, 0.25) is 0 Å². The summed E-state index contributed by atoms with van der Waals surface area (Å²) in [6.07, 6.45) is 1.91. The zero-order chi connectivity index (χ0) is 11.3. The van der Waals surface area contributed by atoms with Crippen LogP contribution in [0.25, 0.3) is 0 Å². The summed E-state index contributed by atoms with van der Waals surface area (Å²) in [5, 5.41) is 3.03. The summed E-state index contributed by atoms with van der Waals surface area (Å²) in [6, 6.07) is 0.122. The number of ether oxygens (including phenoxy) is 1. The lowest BCUT2D eigenvalue weighted by atomic mass is 10.2. The smallest absolute Gasteiger partial charge is 0.216 e. The lowest BCUT2D eigenvalue weighted by Crippen LogP contribution is -2.42. The Hall–Kier alpha value is 0.120. The van der Waals surface area contributed by atoms with E-state index in [1.807, 2.05) is 7.05 Å². The lowest BCUT2D eigenvalue weighted by molar-refractivity contribution is 0.215. The van der Waals surface area contributed by atoms with Gasteiger partial charge in [0.05, 0.1) is 12.4 Å². The van der Waals surface area contributed by atoms with E-state index in [0.29, 0.717) is 6.54 Å². The van der Waals surface area contributed by atoms with E-state index in [0.717, 1.165) is 19.4 Å². The third-order valence-electron chi connectivity index (χ3n) is 2.67. The van der Waals surface area contributed by atoms with Crippen molar-refractivity contribution in [2.45, 2.75) is 18.9 Å². The third-order valence-corrected chi connectivity index (χ3v) is 4.54. The van der Waals surface area contributed by atoms with Crippen molar-refractivity contribution in [3.8, 4) is 0 Å². The van der Waals surface area contributed by atoms with Gasteiger partial charge >= 0.3 is 0 Å². The molecule has 7 heteroatoms. The van der Waals surface area contributed by atoms with E-state index in [1.54, 1.807) is 4.31 Å². The van der Waals surface area contributed by atoms with Gasteiger partial charge in [-0.3, -0.25) is 0 Å². The second-order valence-corrected chi connectivity index (χ2v) is 5.81. The quantitative estimate of drug-likeness (QED) is 0.743. The van der Waals surface area contributed by atoms with Gasteiger partial charge in [0.1, 0.15) is 0 Å². The van der Waals surface area contributed by atoms with Crippen LogP contribution in [0.3, 0.4) is 0 Å². The molecule has 1 fully saturated rings. The minimum Gasteiger partial charge on any atom is -0.384 e. The maximum absolute atomic E-state index is 11.9. The molecule has 1 N–H and O–H groups in total. The van der Waals surface area contributed by atoms with Gasteiger partial charge < -0.3 is 10.1 Å². The van der Waals surface area contributed by atoms with Crippen LogP contribution < -0.4 is 5.32 Å². The molecule has 98 valence electrons. The summed E-state index contributed by atoms with van der Waals surface area (Å²) in [6.45, 7) is 1.65. The van der Waals surface area contributed by atoms with Gasteiger partial charge in [0.25, 0.3) is 0 Å². The first-order valence-corrected chi connectivity index (χ1v) is 6.86. The number of rotatable bonds is 6. The molecule has 1 heterocycles. The first kappa shape index (κ1) is 16.1. The van der Waals surface area contributed by atoms with Crippen LogP contribution >= 0.6 is 12.4 Å². The van der Waals surface area contributed by atoms with Gasteiger partial charge in [-0.2, -0.15) is 4.31 Å². The van der Waals surface area contributed by atoms with E-state index >= 15 is 0 Å². The van der Waals surface area contributed by atoms with E-state index in [1.165, 1.54) is 7.11 Å². The first-order chi connectivity index (χ1) is 7.11. The maximum Gasteiger partial charge on any atom is 0.216 e. The molecule has 0 saturated carbocycles. The second kappa shape index (κ2) is 7.45. The molecule has 1 aliphatic heterocycles. The van der Waals surface area contributed by atoms with Gasteiger partial charge in [-0.25, -0.2) is 8.42 Å². The monoisotopic (exact) mass is 272 g/mol. The Bertz CT molecular complexity index is 284. The first-order valence-electron chi connectivity index (χ1n) is 5.25. The summed E-state index contributed by atoms with van der Waals surface area (Å²) in [7, 11) is 0.239. The third kappa shape index (κ3) is 4.18. The summed E-state index contributed by atoms with van der Waals surface area (Å²) in [4.78, 5) is 0. The van der Waals surface area contributed by atoms with Gasteiger partial charge in [-0.05, 0) is 19.9 Å². The minimum atomic E-state index is -3.13. The molecule has 0 aromatic heterocycles. The van der Waals surface area contributed by atoms with Crippen LogP contribution in [-0.2, 0) is 14.8 Å². The number of sulfonamides is 1. The fraction of sp³-hybridized carbons (Fsp3) is 1.00. The Morgan fingerprint density at radius 3 is 2.75 bits per heavy atom. The molecule has 5 nitrogen and oxygen atoms in total. The fourth-order valence-corrected chi connectivity index (χ4v) is 3.57. The molecular formula is C9H21ClN2O3S. The van der Waals surface area contributed by atoms with Crippen LogP contribution in [0.4, 0.5) is 0 Å². The molecule has 1 rings (SSSR count). The summed E-state index contributed by atoms with van der Waals surface area (Å²) < 4.78 is 30.2. The maximum atomic E-state index is 11.9. The van der Waals surface area contributed by atoms with Gasteiger partial charge in [0.2, 0.25) is 10.0 Å². The van der Waals surface area contributed by atoms with Crippen LogP contribution in [-0.4, -0.2) is 58.4 Å². The van der Waals surface area contributed by atoms with Crippen LogP contribution in [0.15, 0.2) is 0 Å².